The van der Waals surface area contributed by atoms with Crippen molar-refractivity contribution in [1.29, 1.82) is 0 Å². The van der Waals surface area contributed by atoms with Gasteiger partial charge in [0.25, 0.3) is 0 Å². The quantitative estimate of drug-likeness (QED) is 0.934. The van der Waals surface area contributed by atoms with Gasteiger partial charge in [-0.2, -0.15) is 0 Å². The molecule has 1 atom stereocenters. The van der Waals surface area contributed by atoms with E-state index in [4.69, 9.17) is 9.47 Å². The van der Waals surface area contributed by atoms with Crippen LogP contribution in [0.2, 0.25) is 0 Å². The van der Waals surface area contributed by atoms with E-state index >= 15 is 0 Å². The molecule has 1 aromatic heterocycles. The highest BCUT2D eigenvalue weighted by molar-refractivity contribution is 7.15. The lowest BCUT2D eigenvalue weighted by Crippen LogP contribution is -1.89. The molecule has 0 aliphatic rings. The fourth-order valence-electron chi connectivity index (χ4n) is 1.85. The Labute approximate surface area is 116 Å². The zero-order valence-electron chi connectivity index (χ0n) is 11.4. The summed E-state index contributed by atoms with van der Waals surface area (Å²) in [5.41, 5.74) is 1.79. The van der Waals surface area contributed by atoms with E-state index < -0.39 is 6.10 Å². The zero-order chi connectivity index (χ0) is 14.0. The molecule has 0 spiro atoms. The standard InChI is InChI=1S/C14H17NO3S/c1-8-13(9(2)16)19-14(15-8)10-5-11(17-3)7-12(6-10)18-4/h5-7,9,16H,1-4H3. The summed E-state index contributed by atoms with van der Waals surface area (Å²) in [5, 5.41) is 10.5. The van der Waals surface area contributed by atoms with Gasteiger partial charge in [0.1, 0.15) is 16.5 Å². The number of aromatic nitrogens is 1. The number of ether oxygens (including phenoxy) is 2. The van der Waals surface area contributed by atoms with Gasteiger partial charge in [0.05, 0.1) is 30.9 Å². The van der Waals surface area contributed by atoms with Crippen LogP contribution < -0.4 is 9.47 Å². The Bertz CT molecular complexity index is 556. The number of hydrogen-bond donors (Lipinski definition) is 1. The van der Waals surface area contributed by atoms with Crippen LogP contribution in [0.5, 0.6) is 11.5 Å². The lowest BCUT2D eigenvalue weighted by Gasteiger charge is -2.06. The normalized spacial score (nSPS) is 12.3. The fraction of sp³-hybridized carbons (Fsp3) is 0.357. The molecule has 4 nitrogen and oxygen atoms in total. The second-order valence-corrected chi connectivity index (χ2v) is 5.28. The molecule has 0 aliphatic carbocycles. The first kappa shape index (κ1) is 13.8. The minimum Gasteiger partial charge on any atom is -0.497 e. The van der Waals surface area contributed by atoms with Crippen LogP contribution in [0.3, 0.4) is 0 Å². The smallest absolute Gasteiger partial charge is 0.124 e. The first-order valence-electron chi connectivity index (χ1n) is 5.94. The fourth-order valence-corrected chi connectivity index (χ4v) is 2.84. The van der Waals surface area contributed by atoms with Gasteiger partial charge in [-0.3, -0.25) is 0 Å². The molecule has 2 rings (SSSR count). The third-order valence-electron chi connectivity index (χ3n) is 2.81. The maximum Gasteiger partial charge on any atom is 0.124 e. The van der Waals surface area contributed by atoms with Gasteiger partial charge in [-0.25, -0.2) is 4.98 Å². The number of hydrogen-bond acceptors (Lipinski definition) is 5. The summed E-state index contributed by atoms with van der Waals surface area (Å²) in [4.78, 5) is 5.39. The van der Waals surface area contributed by atoms with Crippen LogP contribution in [0.15, 0.2) is 18.2 Å². The van der Waals surface area contributed by atoms with Crippen LogP contribution in [-0.4, -0.2) is 24.3 Å². The summed E-state index contributed by atoms with van der Waals surface area (Å²) in [6.45, 7) is 3.65. The number of thiazole rings is 1. The van der Waals surface area contributed by atoms with Crippen LogP contribution in [0.4, 0.5) is 0 Å². The Morgan fingerprint density at radius 3 is 2.16 bits per heavy atom. The Kier molecular flexibility index (Phi) is 4.07. The summed E-state index contributed by atoms with van der Waals surface area (Å²) < 4.78 is 10.5. The number of rotatable bonds is 4. The van der Waals surface area contributed by atoms with Crippen LogP contribution in [0, 0.1) is 6.92 Å². The molecule has 0 aliphatic heterocycles. The highest BCUT2D eigenvalue weighted by Gasteiger charge is 2.14. The Morgan fingerprint density at radius 2 is 1.74 bits per heavy atom. The molecule has 0 bridgehead atoms. The number of aryl methyl sites for hydroxylation is 1. The number of aliphatic hydroxyl groups excluding tert-OH is 1. The Morgan fingerprint density at radius 1 is 1.16 bits per heavy atom. The second-order valence-electron chi connectivity index (χ2n) is 4.25. The van der Waals surface area contributed by atoms with E-state index in [1.54, 1.807) is 21.1 Å². The van der Waals surface area contributed by atoms with E-state index in [1.165, 1.54) is 11.3 Å². The van der Waals surface area contributed by atoms with Crippen molar-refractivity contribution in [2.45, 2.75) is 20.0 Å². The van der Waals surface area contributed by atoms with Crippen molar-refractivity contribution in [2.75, 3.05) is 14.2 Å². The Balaban J connectivity index is 2.49. The van der Waals surface area contributed by atoms with Crippen molar-refractivity contribution in [3.63, 3.8) is 0 Å². The number of methoxy groups -OCH3 is 2. The number of nitrogens with zero attached hydrogens (tertiary/aromatic N) is 1. The molecule has 0 radical (unpaired) electrons. The summed E-state index contributed by atoms with van der Waals surface area (Å²) in [6.07, 6.45) is -0.501. The lowest BCUT2D eigenvalue weighted by atomic mass is 10.2. The summed E-state index contributed by atoms with van der Waals surface area (Å²) in [6, 6.07) is 5.64. The average molecular weight is 279 g/mol. The van der Waals surface area contributed by atoms with Crippen molar-refractivity contribution < 1.29 is 14.6 Å². The molecule has 0 amide bonds. The van der Waals surface area contributed by atoms with Gasteiger partial charge in [-0.05, 0) is 26.0 Å². The molecule has 0 saturated heterocycles. The van der Waals surface area contributed by atoms with Crippen molar-refractivity contribution in [2.24, 2.45) is 0 Å². The summed E-state index contributed by atoms with van der Waals surface area (Å²) in [5.74, 6) is 1.45. The van der Waals surface area contributed by atoms with Crippen LogP contribution in [0.1, 0.15) is 23.6 Å². The van der Waals surface area contributed by atoms with Gasteiger partial charge in [-0.15, -0.1) is 11.3 Å². The third-order valence-corrected chi connectivity index (χ3v) is 4.19. The van der Waals surface area contributed by atoms with Crippen LogP contribution in [0.25, 0.3) is 10.6 Å². The van der Waals surface area contributed by atoms with Gasteiger partial charge < -0.3 is 14.6 Å². The van der Waals surface area contributed by atoms with E-state index in [0.717, 1.165) is 32.6 Å². The summed E-state index contributed by atoms with van der Waals surface area (Å²) in [7, 11) is 3.24. The molecule has 102 valence electrons. The van der Waals surface area contributed by atoms with Crippen molar-refractivity contribution >= 4 is 11.3 Å². The average Bonchev–Trinajstić information content (AvgIpc) is 2.80. The molecule has 2 aromatic rings. The predicted molar refractivity (Wildman–Crippen MR) is 76.0 cm³/mol. The van der Waals surface area contributed by atoms with Crippen molar-refractivity contribution in [3.8, 4) is 22.1 Å². The molecule has 1 aromatic carbocycles. The largest absolute Gasteiger partial charge is 0.497 e. The molecule has 0 fully saturated rings. The predicted octanol–water partition coefficient (Wildman–Crippen LogP) is 3.19. The minimum absolute atomic E-state index is 0.501. The van der Waals surface area contributed by atoms with Gasteiger partial charge in [0, 0.05) is 11.6 Å². The second kappa shape index (κ2) is 5.59. The highest BCUT2D eigenvalue weighted by Crippen LogP contribution is 2.35. The van der Waals surface area contributed by atoms with E-state index in [-0.39, 0.29) is 0 Å². The van der Waals surface area contributed by atoms with E-state index in [2.05, 4.69) is 4.98 Å². The van der Waals surface area contributed by atoms with E-state index in [0.29, 0.717) is 0 Å². The maximum absolute atomic E-state index is 9.69. The van der Waals surface area contributed by atoms with E-state index in [1.807, 2.05) is 25.1 Å². The Hall–Kier alpha value is -1.59. The third kappa shape index (κ3) is 2.88. The molecule has 19 heavy (non-hydrogen) atoms. The van der Waals surface area contributed by atoms with Gasteiger partial charge >= 0.3 is 0 Å². The van der Waals surface area contributed by atoms with Gasteiger partial charge in [0.15, 0.2) is 0 Å². The summed E-state index contributed by atoms with van der Waals surface area (Å²) >= 11 is 1.49. The monoisotopic (exact) mass is 279 g/mol. The molecule has 5 heteroatoms. The van der Waals surface area contributed by atoms with Gasteiger partial charge in [-0.1, -0.05) is 0 Å². The highest BCUT2D eigenvalue weighted by atomic mass is 32.1. The minimum atomic E-state index is -0.501. The van der Waals surface area contributed by atoms with Crippen molar-refractivity contribution in [1.82, 2.24) is 4.98 Å². The zero-order valence-corrected chi connectivity index (χ0v) is 12.2. The molecule has 1 N–H and O–H groups in total. The van der Waals surface area contributed by atoms with Gasteiger partial charge in [0.2, 0.25) is 0 Å². The molecular formula is C14H17NO3S. The topological polar surface area (TPSA) is 51.6 Å². The number of benzene rings is 1. The molecule has 1 unspecified atom stereocenters. The van der Waals surface area contributed by atoms with Crippen molar-refractivity contribution in [3.05, 3.63) is 28.8 Å². The SMILES string of the molecule is COc1cc(OC)cc(-c2nc(C)c(C(C)O)s2)c1. The number of aliphatic hydroxyl groups is 1. The molecule has 0 saturated carbocycles. The lowest BCUT2D eigenvalue weighted by molar-refractivity contribution is 0.202. The molecule has 1 heterocycles. The van der Waals surface area contributed by atoms with E-state index in [9.17, 15) is 5.11 Å². The molecular weight excluding hydrogens is 262 g/mol. The van der Waals surface area contributed by atoms with Crippen LogP contribution >= 0.6 is 11.3 Å². The first-order chi connectivity index (χ1) is 9.05. The van der Waals surface area contributed by atoms with Crippen LogP contribution in [-0.2, 0) is 0 Å². The first-order valence-corrected chi connectivity index (χ1v) is 6.75. The maximum atomic E-state index is 9.69.